The molecule has 2 rings (SSSR count). The largest absolute Gasteiger partial charge is 0.497 e. The molecule has 0 bridgehead atoms. The van der Waals surface area contributed by atoms with Gasteiger partial charge >= 0.3 is 5.97 Å². The molecule has 1 amide bonds. The number of ether oxygens (including phenoxy) is 3. The average Bonchev–Trinajstić information content (AvgIpc) is 2.62. The monoisotopic (exact) mass is 357 g/mol. The third kappa shape index (κ3) is 4.53. The van der Waals surface area contributed by atoms with Crippen molar-refractivity contribution in [3.05, 3.63) is 52.6 Å². The molecule has 0 radical (unpaired) electrons. The Labute approximate surface area is 153 Å². The van der Waals surface area contributed by atoms with Crippen LogP contribution in [0, 0.1) is 20.8 Å². The number of methoxy groups -OCH3 is 2. The van der Waals surface area contributed by atoms with Gasteiger partial charge in [0.25, 0.3) is 5.91 Å². The minimum absolute atomic E-state index is 0.226. The number of rotatable bonds is 6. The van der Waals surface area contributed by atoms with Crippen molar-refractivity contribution < 1.29 is 23.8 Å². The fourth-order valence-corrected chi connectivity index (χ4v) is 2.73. The van der Waals surface area contributed by atoms with E-state index in [1.165, 1.54) is 20.3 Å². The van der Waals surface area contributed by atoms with Crippen molar-refractivity contribution in [1.82, 2.24) is 0 Å². The summed E-state index contributed by atoms with van der Waals surface area (Å²) in [6.07, 6.45) is 0. The molecule has 0 aromatic heterocycles. The van der Waals surface area contributed by atoms with Gasteiger partial charge in [-0.05, 0) is 44.0 Å². The van der Waals surface area contributed by atoms with Crippen LogP contribution in [0.4, 0.5) is 5.69 Å². The van der Waals surface area contributed by atoms with Gasteiger partial charge in [-0.15, -0.1) is 0 Å². The molecule has 138 valence electrons. The molecule has 0 saturated heterocycles. The molecular formula is C20H23NO5. The van der Waals surface area contributed by atoms with E-state index in [2.05, 4.69) is 5.32 Å². The van der Waals surface area contributed by atoms with E-state index in [1.807, 2.05) is 32.9 Å². The van der Waals surface area contributed by atoms with E-state index < -0.39 is 11.9 Å². The van der Waals surface area contributed by atoms with Crippen LogP contribution in [0.15, 0.2) is 30.3 Å². The van der Waals surface area contributed by atoms with Crippen molar-refractivity contribution in [3.63, 3.8) is 0 Å². The number of esters is 1. The minimum Gasteiger partial charge on any atom is -0.497 e. The van der Waals surface area contributed by atoms with Crippen LogP contribution in [0.5, 0.6) is 11.5 Å². The van der Waals surface area contributed by atoms with Crippen LogP contribution in [-0.4, -0.2) is 32.7 Å². The summed E-state index contributed by atoms with van der Waals surface area (Å²) in [6, 6.07) is 8.70. The molecule has 0 aliphatic heterocycles. The Morgan fingerprint density at radius 3 is 2.19 bits per heavy atom. The van der Waals surface area contributed by atoms with E-state index >= 15 is 0 Å². The van der Waals surface area contributed by atoms with Crippen molar-refractivity contribution in [2.75, 3.05) is 26.1 Å². The van der Waals surface area contributed by atoms with E-state index in [4.69, 9.17) is 14.2 Å². The summed E-state index contributed by atoms with van der Waals surface area (Å²) in [7, 11) is 2.97. The van der Waals surface area contributed by atoms with Crippen LogP contribution < -0.4 is 14.8 Å². The lowest BCUT2D eigenvalue weighted by Crippen LogP contribution is -2.22. The third-order valence-corrected chi connectivity index (χ3v) is 3.90. The molecule has 6 nitrogen and oxygen atoms in total. The fourth-order valence-electron chi connectivity index (χ4n) is 2.73. The summed E-state index contributed by atoms with van der Waals surface area (Å²) >= 11 is 0. The number of hydrogen-bond donors (Lipinski definition) is 1. The van der Waals surface area contributed by atoms with Crippen molar-refractivity contribution in [2.24, 2.45) is 0 Å². The van der Waals surface area contributed by atoms with Gasteiger partial charge < -0.3 is 19.5 Å². The Kier molecular flexibility index (Phi) is 6.22. The van der Waals surface area contributed by atoms with Crippen molar-refractivity contribution >= 4 is 17.6 Å². The summed E-state index contributed by atoms with van der Waals surface area (Å²) in [5.74, 6) is -0.167. The SMILES string of the molecule is COc1ccc(C(=O)OCC(=O)Nc2c(C)cc(C)cc2C)c(OC)c1. The van der Waals surface area contributed by atoms with E-state index in [0.29, 0.717) is 11.5 Å². The highest BCUT2D eigenvalue weighted by atomic mass is 16.5. The van der Waals surface area contributed by atoms with Gasteiger partial charge in [0.05, 0.1) is 14.2 Å². The fraction of sp³-hybridized carbons (Fsp3) is 0.300. The van der Waals surface area contributed by atoms with Gasteiger partial charge in [0.2, 0.25) is 0 Å². The molecule has 6 heteroatoms. The number of benzene rings is 2. The molecule has 0 aliphatic rings. The van der Waals surface area contributed by atoms with Gasteiger partial charge in [0.15, 0.2) is 6.61 Å². The quantitative estimate of drug-likeness (QED) is 0.802. The second-order valence-corrected chi connectivity index (χ2v) is 5.96. The van der Waals surface area contributed by atoms with Gasteiger partial charge in [-0.3, -0.25) is 4.79 Å². The van der Waals surface area contributed by atoms with E-state index in [-0.39, 0.29) is 12.2 Å². The third-order valence-electron chi connectivity index (χ3n) is 3.90. The predicted molar refractivity (Wildman–Crippen MR) is 99.1 cm³/mol. The van der Waals surface area contributed by atoms with Gasteiger partial charge in [-0.2, -0.15) is 0 Å². The Balaban J connectivity index is 2.03. The maximum atomic E-state index is 12.2. The van der Waals surface area contributed by atoms with E-state index in [9.17, 15) is 9.59 Å². The normalized spacial score (nSPS) is 10.2. The highest BCUT2D eigenvalue weighted by Gasteiger charge is 2.17. The summed E-state index contributed by atoms with van der Waals surface area (Å²) in [5, 5.41) is 2.79. The molecule has 0 unspecified atom stereocenters. The van der Waals surface area contributed by atoms with Crippen LogP contribution in [0.25, 0.3) is 0 Å². The van der Waals surface area contributed by atoms with Gasteiger partial charge in [0.1, 0.15) is 17.1 Å². The number of nitrogens with one attached hydrogen (secondary N) is 1. The minimum atomic E-state index is -0.642. The van der Waals surface area contributed by atoms with E-state index in [1.54, 1.807) is 12.1 Å². The lowest BCUT2D eigenvalue weighted by Gasteiger charge is -2.13. The number of aryl methyl sites for hydroxylation is 3. The molecular weight excluding hydrogens is 334 g/mol. The van der Waals surface area contributed by atoms with Crippen LogP contribution >= 0.6 is 0 Å². The van der Waals surface area contributed by atoms with Crippen molar-refractivity contribution in [3.8, 4) is 11.5 Å². The van der Waals surface area contributed by atoms with Crippen LogP contribution in [0.2, 0.25) is 0 Å². The number of carbonyl (C=O) groups excluding carboxylic acids is 2. The Morgan fingerprint density at radius 1 is 0.962 bits per heavy atom. The lowest BCUT2D eigenvalue weighted by molar-refractivity contribution is -0.119. The Morgan fingerprint density at radius 2 is 1.62 bits per heavy atom. The molecule has 0 atom stereocenters. The summed E-state index contributed by atoms with van der Waals surface area (Å²) in [4.78, 5) is 24.4. The maximum absolute atomic E-state index is 12.2. The van der Waals surface area contributed by atoms with Crippen LogP contribution in [0.3, 0.4) is 0 Å². The van der Waals surface area contributed by atoms with Crippen LogP contribution in [-0.2, 0) is 9.53 Å². The first-order valence-corrected chi connectivity index (χ1v) is 8.12. The van der Waals surface area contributed by atoms with Gasteiger partial charge in [-0.1, -0.05) is 17.7 Å². The Hall–Kier alpha value is -3.02. The highest BCUT2D eigenvalue weighted by molar-refractivity contribution is 5.97. The molecule has 0 fully saturated rings. The first kappa shape index (κ1) is 19.3. The standard InChI is InChI=1S/C20H23NO5/c1-12-8-13(2)19(14(3)9-12)21-18(22)11-26-20(23)16-7-6-15(24-4)10-17(16)25-5/h6-10H,11H2,1-5H3,(H,21,22). The molecule has 1 N–H and O–H groups in total. The number of amides is 1. The zero-order chi connectivity index (χ0) is 19.3. The second-order valence-electron chi connectivity index (χ2n) is 5.96. The maximum Gasteiger partial charge on any atom is 0.342 e. The number of carbonyl (C=O) groups is 2. The average molecular weight is 357 g/mol. The zero-order valence-electron chi connectivity index (χ0n) is 15.6. The molecule has 2 aromatic rings. The molecule has 2 aromatic carbocycles. The summed E-state index contributed by atoms with van der Waals surface area (Å²) in [6.45, 7) is 5.45. The Bertz CT molecular complexity index is 806. The zero-order valence-corrected chi connectivity index (χ0v) is 15.6. The van der Waals surface area contributed by atoms with Crippen LogP contribution in [0.1, 0.15) is 27.0 Å². The highest BCUT2D eigenvalue weighted by Crippen LogP contribution is 2.25. The molecule has 26 heavy (non-hydrogen) atoms. The number of anilines is 1. The molecule has 0 heterocycles. The van der Waals surface area contributed by atoms with Gasteiger partial charge in [0, 0.05) is 11.8 Å². The van der Waals surface area contributed by atoms with E-state index in [0.717, 1.165) is 22.4 Å². The molecule has 0 spiro atoms. The first-order valence-electron chi connectivity index (χ1n) is 8.12. The number of hydrogen-bond acceptors (Lipinski definition) is 5. The molecule has 0 aliphatic carbocycles. The summed E-state index contributed by atoms with van der Waals surface area (Å²) < 4.78 is 15.4. The van der Waals surface area contributed by atoms with Crippen molar-refractivity contribution in [1.29, 1.82) is 0 Å². The second kappa shape index (κ2) is 8.38. The lowest BCUT2D eigenvalue weighted by atomic mass is 10.1. The molecule has 0 saturated carbocycles. The smallest absolute Gasteiger partial charge is 0.342 e. The topological polar surface area (TPSA) is 73.9 Å². The predicted octanol–water partition coefficient (Wildman–Crippen LogP) is 3.42. The van der Waals surface area contributed by atoms with Crippen molar-refractivity contribution in [2.45, 2.75) is 20.8 Å². The first-order chi connectivity index (χ1) is 12.3. The van der Waals surface area contributed by atoms with Gasteiger partial charge in [-0.25, -0.2) is 4.79 Å². The summed E-state index contributed by atoms with van der Waals surface area (Å²) in [5.41, 5.74) is 4.00.